The fourth-order valence-corrected chi connectivity index (χ4v) is 2.42. The van der Waals surface area contributed by atoms with Crippen LogP contribution in [-0.2, 0) is 10.0 Å². The number of pyridine rings is 1. The van der Waals surface area contributed by atoms with Gasteiger partial charge in [-0.2, -0.15) is 0 Å². The van der Waals surface area contributed by atoms with Crippen molar-refractivity contribution in [1.82, 2.24) is 19.9 Å². The highest BCUT2D eigenvalue weighted by Gasteiger charge is 2.16. The van der Waals surface area contributed by atoms with E-state index >= 15 is 0 Å². The number of hydrogen-bond acceptors (Lipinski definition) is 4. The lowest BCUT2D eigenvalue weighted by Gasteiger charge is -2.25. The monoisotopic (exact) mass is 328 g/mol. The normalized spacial score (nSPS) is 12.7. The quantitative estimate of drug-likeness (QED) is 0.699. The predicted octanol–water partition coefficient (Wildman–Crippen LogP) is 1.11. The van der Waals surface area contributed by atoms with Gasteiger partial charge in [-0.25, -0.2) is 17.9 Å². The van der Waals surface area contributed by atoms with Gasteiger partial charge in [0.1, 0.15) is 0 Å². The first kappa shape index (κ1) is 18.4. The molecule has 0 radical (unpaired) electrons. The predicted molar refractivity (Wildman–Crippen MR) is 85.9 cm³/mol. The summed E-state index contributed by atoms with van der Waals surface area (Å²) in [6.45, 7) is 4.23. The summed E-state index contributed by atoms with van der Waals surface area (Å²) in [5, 5.41) is 2.77. The zero-order valence-corrected chi connectivity index (χ0v) is 14.1. The molecule has 1 aromatic heterocycles. The number of nitrogens with one attached hydrogen (secondary N) is 2. The Morgan fingerprint density at radius 2 is 2.14 bits per heavy atom. The fourth-order valence-electron chi connectivity index (χ4n) is 1.76. The fraction of sp³-hybridized carbons (Fsp3) is 0.571. The molecule has 0 aromatic carbocycles. The van der Waals surface area contributed by atoms with E-state index in [2.05, 4.69) is 15.0 Å². The largest absolute Gasteiger partial charge is 0.338 e. The van der Waals surface area contributed by atoms with Gasteiger partial charge in [0.05, 0.1) is 11.8 Å². The van der Waals surface area contributed by atoms with Crippen molar-refractivity contribution in [2.45, 2.75) is 26.3 Å². The summed E-state index contributed by atoms with van der Waals surface area (Å²) in [5.74, 6) is 0.0602. The maximum absolute atomic E-state index is 12.0. The van der Waals surface area contributed by atoms with Crippen molar-refractivity contribution < 1.29 is 13.2 Å². The summed E-state index contributed by atoms with van der Waals surface area (Å²) in [5.41, 5.74) is 0.954. The highest BCUT2D eigenvalue weighted by Crippen LogP contribution is 2.16. The number of carbonyl (C=O) groups excluding carboxylic acids is 1. The third-order valence-electron chi connectivity index (χ3n) is 3.40. The van der Waals surface area contributed by atoms with Crippen LogP contribution in [0.4, 0.5) is 4.79 Å². The van der Waals surface area contributed by atoms with Crippen molar-refractivity contribution in [3.63, 3.8) is 0 Å². The van der Waals surface area contributed by atoms with E-state index in [-0.39, 0.29) is 17.8 Å². The Kier molecular flexibility index (Phi) is 7.26. The summed E-state index contributed by atoms with van der Waals surface area (Å²) in [7, 11) is -1.45. The van der Waals surface area contributed by atoms with Crippen LogP contribution in [0.25, 0.3) is 0 Å². The molecular weight excluding hydrogens is 304 g/mol. The van der Waals surface area contributed by atoms with Crippen LogP contribution < -0.4 is 10.0 Å². The van der Waals surface area contributed by atoms with Crippen LogP contribution in [0.2, 0.25) is 0 Å². The first-order valence-corrected chi connectivity index (χ1v) is 8.90. The van der Waals surface area contributed by atoms with Gasteiger partial charge in [0.15, 0.2) is 0 Å². The van der Waals surface area contributed by atoms with Crippen LogP contribution in [0.15, 0.2) is 24.5 Å². The summed E-state index contributed by atoms with van der Waals surface area (Å²) in [6, 6.07) is 3.46. The molecule has 1 unspecified atom stereocenters. The molecule has 0 aliphatic rings. The lowest BCUT2D eigenvalue weighted by atomic mass is 10.1. The molecule has 2 N–H and O–H groups in total. The van der Waals surface area contributed by atoms with Gasteiger partial charge in [-0.3, -0.25) is 4.98 Å². The summed E-state index contributed by atoms with van der Waals surface area (Å²) >= 11 is 0. The number of nitrogens with zero attached hydrogens (tertiary/aromatic N) is 2. The zero-order chi connectivity index (χ0) is 16.6. The highest BCUT2D eigenvalue weighted by molar-refractivity contribution is 7.89. The van der Waals surface area contributed by atoms with Crippen LogP contribution in [0.5, 0.6) is 0 Å². The minimum absolute atomic E-state index is 0.0602. The van der Waals surface area contributed by atoms with Gasteiger partial charge in [-0.15, -0.1) is 0 Å². The van der Waals surface area contributed by atoms with Gasteiger partial charge in [0.25, 0.3) is 0 Å². The first-order chi connectivity index (χ1) is 10.4. The van der Waals surface area contributed by atoms with E-state index in [0.29, 0.717) is 19.5 Å². The number of carbonyl (C=O) groups is 1. The number of amides is 2. The Balaban J connectivity index is 2.33. The summed E-state index contributed by atoms with van der Waals surface area (Å²) < 4.78 is 24.9. The molecule has 1 rings (SSSR count). The minimum Gasteiger partial charge on any atom is -0.338 e. The third-order valence-corrected chi connectivity index (χ3v) is 4.80. The molecule has 1 heterocycles. The van der Waals surface area contributed by atoms with Crippen LogP contribution in [0.3, 0.4) is 0 Å². The number of rotatable bonds is 8. The zero-order valence-electron chi connectivity index (χ0n) is 13.2. The van der Waals surface area contributed by atoms with E-state index in [4.69, 9.17) is 0 Å². The maximum Gasteiger partial charge on any atom is 0.317 e. The van der Waals surface area contributed by atoms with Gasteiger partial charge < -0.3 is 10.2 Å². The van der Waals surface area contributed by atoms with Crippen LogP contribution in [0.1, 0.15) is 31.9 Å². The molecule has 0 spiro atoms. The second kappa shape index (κ2) is 8.70. The maximum atomic E-state index is 12.0. The van der Waals surface area contributed by atoms with Crippen LogP contribution in [0, 0.1) is 0 Å². The molecular formula is C14H24N4O3S. The Morgan fingerprint density at radius 3 is 2.73 bits per heavy atom. The minimum atomic E-state index is -3.17. The molecule has 124 valence electrons. The molecule has 0 aliphatic carbocycles. The van der Waals surface area contributed by atoms with Crippen LogP contribution >= 0.6 is 0 Å². The van der Waals surface area contributed by atoms with Gasteiger partial charge in [-0.05, 0) is 31.9 Å². The van der Waals surface area contributed by atoms with Crippen molar-refractivity contribution in [2.75, 3.05) is 25.9 Å². The van der Waals surface area contributed by atoms with Gasteiger partial charge in [-0.1, -0.05) is 6.07 Å². The van der Waals surface area contributed by atoms with E-state index in [1.54, 1.807) is 31.3 Å². The van der Waals surface area contributed by atoms with Gasteiger partial charge >= 0.3 is 6.03 Å². The molecule has 1 atom stereocenters. The number of urea groups is 1. The molecule has 0 bridgehead atoms. The van der Waals surface area contributed by atoms with Gasteiger partial charge in [0, 0.05) is 32.5 Å². The average Bonchev–Trinajstić information content (AvgIpc) is 2.53. The Bertz CT molecular complexity index is 563. The lowest BCUT2D eigenvalue weighted by Crippen LogP contribution is -2.40. The smallest absolute Gasteiger partial charge is 0.317 e. The highest BCUT2D eigenvalue weighted by atomic mass is 32.2. The first-order valence-electron chi connectivity index (χ1n) is 7.25. The van der Waals surface area contributed by atoms with Crippen molar-refractivity contribution in [3.05, 3.63) is 30.1 Å². The van der Waals surface area contributed by atoms with E-state index < -0.39 is 10.0 Å². The van der Waals surface area contributed by atoms with Gasteiger partial charge in [0.2, 0.25) is 10.0 Å². The van der Waals surface area contributed by atoms with E-state index in [1.807, 2.05) is 19.1 Å². The lowest BCUT2D eigenvalue weighted by molar-refractivity contribution is 0.194. The second-order valence-corrected chi connectivity index (χ2v) is 7.05. The third kappa shape index (κ3) is 5.98. The van der Waals surface area contributed by atoms with E-state index in [9.17, 15) is 13.2 Å². The van der Waals surface area contributed by atoms with Crippen molar-refractivity contribution >= 4 is 16.1 Å². The molecule has 0 saturated heterocycles. The summed E-state index contributed by atoms with van der Waals surface area (Å²) in [6.07, 6.45) is 3.96. The topological polar surface area (TPSA) is 91.4 Å². The van der Waals surface area contributed by atoms with E-state index in [0.717, 1.165) is 5.56 Å². The number of hydrogen-bond donors (Lipinski definition) is 2. The molecule has 22 heavy (non-hydrogen) atoms. The Labute approximate surface area is 132 Å². The molecule has 1 aromatic rings. The molecule has 7 nitrogen and oxygen atoms in total. The molecule has 0 saturated carbocycles. The molecule has 8 heteroatoms. The van der Waals surface area contributed by atoms with Crippen molar-refractivity contribution in [2.24, 2.45) is 0 Å². The number of sulfonamides is 1. The second-order valence-electron chi connectivity index (χ2n) is 4.96. The van der Waals surface area contributed by atoms with Crippen molar-refractivity contribution in [1.29, 1.82) is 0 Å². The SMILES string of the molecule is CCS(=O)(=O)NCCCNC(=O)N(C)C(C)c1cccnc1. The van der Waals surface area contributed by atoms with E-state index in [1.165, 1.54) is 0 Å². The molecule has 0 aliphatic heterocycles. The molecule has 0 fully saturated rings. The van der Waals surface area contributed by atoms with Crippen molar-refractivity contribution in [3.8, 4) is 0 Å². The average molecular weight is 328 g/mol. The Hall–Kier alpha value is -1.67. The standard InChI is InChI=1S/C14H24N4O3S/c1-4-22(20,21)17-10-6-9-16-14(19)18(3)12(2)13-7-5-8-15-11-13/h5,7-8,11-12,17H,4,6,9-10H2,1-3H3,(H,16,19). The molecule has 2 amide bonds. The Morgan fingerprint density at radius 1 is 1.41 bits per heavy atom. The number of aromatic nitrogens is 1. The summed E-state index contributed by atoms with van der Waals surface area (Å²) in [4.78, 5) is 17.7. The van der Waals surface area contributed by atoms with Crippen LogP contribution in [-0.4, -0.2) is 50.2 Å².